The van der Waals surface area contributed by atoms with E-state index in [1.165, 1.54) is 0 Å². The SMILES string of the molecule is C=CCN1C(C(=O)NC)=C(C(=O)NC)N(CC=C)C1c1ccccc1. The molecule has 1 aromatic rings. The molecular weight excluding hydrogens is 316 g/mol. The molecule has 1 aliphatic heterocycles. The largest absolute Gasteiger partial charge is 0.354 e. The Morgan fingerprint density at radius 2 is 1.40 bits per heavy atom. The minimum absolute atomic E-state index is 0.295. The van der Waals surface area contributed by atoms with E-state index in [9.17, 15) is 9.59 Å². The third-order valence-electron chi connectivity index (χ3n) is 4.02. The molecule has 1 aromatic carbocycles. The van der Waals surface area contributed by atoms with Gasteiger partial charge in [-0.05, 0) is 5.56 Å². The Hall–Kier alpha value is -3.02. The summed E-state index contributed by atoms with van der Waals surface area (Å²) in [6.07, 6.45) is 3.15. The van der Waals surface area contributed by atoms with Crippen LogP contribution in [0.3, 0.4) is 0 Å². The van der Waals surface area contributed by atoms with Crippen LogP contribution in [0.1, 0.15) is 11.7 Å². The quantitative estimate of drug-likeness (QED) is 0.736. The molecule has 0 atom stereocenters. The number of amides is 2. The predicted molar refractivity (Wildman–Crippen MR) is 98.1 cm³/mol. The molecule has 2 N–H and O–H groups in total. The third kappa shape index (κ3) is 3.42. The molecule has 132 valence electrons. The second kappa shape index (κ2) is 8.19. The van der Waals surface area contributed by atoms with E-state index >= 15 is 0 Å². The van der Waals surface area contributed by atoms with Crippen LogP contribution in [-0.4, -0.2) is 48.8 Å². The van der Waals surface area contributed by atoms with Gasteiger partial charge in [0.05, 0.1) is 0 Å². The highest BCUT2D eigenvalue weighted by molar-refractivity contribution is 6.04. The van der Waals surface area contributed by atoms with Crippen molar-refractivity contribution in [2.24, 2.45) is 0 Å². The van der Waals surface area contributed by atoms with Crippen LogP contribution in [0.25, 0.3) is 0 Å². The second-order valence-electron chi connectivity index (χ2n) is 5.52. The van der Waals surface area contributed by atoms with Gasteiger partial charge in [0.15, 0.2) is 0 Å². The highest BCUT2D eigenvalue weighted by Crippen LogP contribution is 2.39. The Labute approximate surface area is 148 Å². The maximum atomic E-state index is 12.6. The number of nitrogens with zero attached hydrogens (tertiary/aromatic N) is 2. The molecule has 0 radical (unpaired) electrons. The zero-order chi connectivity index (χ0) is 18.4. The summed E-state index contributed by atoms with van der Waals surface area (Å²) in [7, 11) is 3.10. The van der Waals surface area contributed by atoms with Crippen molar-refractivity contribution in [1.29, 1.82) is 0 Å². The minimum Gasteiger partial charge on any atom is -0.354 e. The number of likely N-dealkylation sites (N-methyl/N-ethyl adjacent to an activating group) is 2. The number of benzene rings is 1. The van der Waals surface area contributed by atoms with Crippen LogP contribution in [0.4, 0.5) is 0 Å². The lowest BCUT2D eigenvalue weighted by Crippen LogP contribution is -2.36. The summed E-state index contributed by atoms with van der Waals surface area (Å²) in [6.45, 7) is 8.45. The van der Waals surface area contributed by atoms with Gasteiger partial charge in [0.1, 0.15) is 17.6 Å². The van der Waals surface area contributed by atoms with E-state index in [-0.39, 0.29) is 18.0 Å². The Morgan fingerprint density at radius 3 is 1.76 bits per heavy atom. The fourth-order valence-electron chi connectivity index (χ4n) is 3.04. The van der Waals surface area contributed by atoms with E-state index in [1.54, 1.807) is 26.2 Å². The molecule has 2 amide bonds. The van der Waals surface area contributed by atoms with E-state index in [0.717, 1.165) is 5.56 Å². The summed E-state index contributed by atoms with van der Waals surface area (Å²) in [5, 5.41) is 5.27. The first-order chi connectivity index (χ1) is 12.1. The standard InChI is InChI=1S/C19H24N4O2/c1-5-12-22-15(17(24)20-3)16(18(25)21-4)23(13-6-2)19(22)14-10-8-7-9-11-14/h5-11,19H,1-2,12-13H2,3-4H3,(H,20,24)(H,21,25). The summed E-state index contributed by atoms with van der Waals surface area (Å²) in [6, 6.07) is 9.76. The van der Waals surface area contributed by atoms with Crippen LogP contribution in [0, 0.1) is 0 Å². The number of rotatable bonds is 7. The number of hydrogen-bond donors (Lipinski definition) is 2. The van der Waals surface area contributed by atoms with Crippen LogP contribution >= 0.6 is 0 Å². The highest BCUT2D eigenvalue weighted by Gasteiger charge is 2.43. The van der Waals surface area contributed by atoms with Crippen LogP contribution in [0.15, 0.2) is 67.0 Å². The van der Waals surface area contributed by atoms with Crippen molar-refractivity contribution in [3.8, 4) is 0 Å². The number of nitrogens with one attached hydrogen (secondary N) is 2. The topological polar surface area (TPSA) is 64.7 Å². The molecule has 0 aromatic heterocycles. The number of carbonyl (C=O) groups is 2. The summed E-state index contributed by atoms with van der Waals surface area (Å²) < 4.78 is 0. The van der Waals surface area contributed by atoms with E-state index in [0.29, 0.717) is 24.5 Å². The lowest BCUT2D eigenvalue weighted by atomic mass is 10.1. The molecule has 0 saturated carbocycles. The van der Waals surface area contributed by atoms with Crippen molar-refractivity contribution in [2.75, 3.05) is 27.2 Å². The molecule has 0 fully saturated rings. The fraction of sp³-hybridized carbons (Fsp3) is 0.263. The van der Waals surface area contributed by atoms with Crippen LogP contribution in [0.5, 0.6) is 0 Å². The van der Waals surface area contributed by atoms with Crippen molar-refractivity contribution in [3.05, 3.63) is 72.6 Å². The van der Waals surface area contributed by atoms with Crippen molar-refractivity contribution >= 4 is 11.8 Å². The first kappa shape index (κ1) is 18.3. The molecule has 6 heteroatoms. The minimum atomic E-state index is -0.312. The molecule has 6 nitrogen and oxygen atoms in total. The van der Waals surface area contributed by atoms with Gasteiger partial charge in [0.25, 0.3) is 11.8 Å². The molecular formula is C19H24N4O2. The lowest BCUT2D eigenvalue weighted by Gasteiger charge is -2.33. The Bertz CT molecular complexity index is 657. The van der Waals surface area contributed by atoms with Gasteiger partial charge in [-0.3, -0.25) is 9.59 Å². The molecule has 0 unspecified atom stereocenters. The fourth-order valence-corrected chi connectivity index (χ4v) is 3.04. The Morgan fingerprint density at radius 1 is 0.960 bits per heavy atom. The summed E-state index contributed by atoms with van der Waals surface area (Å²) in [5.74, 6) is -0.624. The molecule has 1 heterocycles. The second-order valence-corrected chi connectivity index (χ2v) is 5.52. The van der Waals surface area contributed by atoms with Gasteiger partial charge in [-0.2, -0.15) is 0 Å². The Balaban J connectivity index is 2.68. The van der Waals surface area contributed by atoms with E-state index in [4.69, 9.17) is 0 Å². The van der Waals surface area contributed by atoms with Gasteiger partial charge >= 0.3 is 0 Å². The molecule has 25 heavy (non-hydrogen) atoms. The first-order valence-electron chi connectivity index (χ1n) is 8.09. The van der Waals surface area contributed by atoms with Gasteiger partial charge in [0.2, 0.25) is 0 Å². The monoisotopic (exact) mass is 340 g/mol. The molecule has 2 rings (SSSR count). The summed E-state index contributed by atoms with van der Waals surface area (Å²) in [4.78, 5) is 28.9. The molecule has 0 aliphatic carbocycles. The molecule has 1 aliphatic rings. The normalized spacial score (nSPS) is 14.5. The van der Waals surface area contributed by atoms with Crippen molar-refractivity contribution in [1.82, 2.24) is 20.4 Å². The van der Waals surface area contributed by atoms with Crippen molar-refractivity contribution in [3.63, 3.8) is 0 Å². The zero-order valence-corrected chi connectivity index (χ0v) is 14.7. The average Bonchev–Trinajstić information content (AvgIpc) is 2.95. The van der Waals surface area contributed by atoms with Gasteiger partial charge in [0, 0.05) is 27.2 Å². The van der Waals surface area contributed by atoms with Crippen LogP contribution in [-0.2, 0) is 9.59 Å². The van der Waals surface area contributed by atoms with Crippen LogP contribution in [0.2, 0.25) is 0 Å². The molecule has 0 bridgehead atoms. The smallest absolute Gasteiger partial charge is 0.269 e. The van der Waals surface area contributed by atoms with Crippen molar-refractivity contribution < 1.29 is 9.59 Å². The maximum Gasteiger partial charge on any atom is 0.269 e. The van der Waals surface area contributed by atoms with Gasteiger partial charge < -0.3 is 20.4 Å². The van der Waals surface area contributed by atoms with Crippen molar-refractivity contribution in [2.45, 2.75) is 6.17 Å². The van der Waals surface area contributed by atoms with E-state index in [2.05, 4.69) is 23.8 Å². The highest BCUT2D eigenvalue weighted by atomic mass is 16.2. The lowest BCUT2D eigenvalue weighted by molar-refractivity contribution is -0.120. The Kier molecular flexibility index (Phi) is 6.00. The summed E-state index contributed by atoms with van der Waals surface area (Å²) >= 11 is 0. The zero-order valence-electron chi connectivity index (χ0n) is 14.7. The summed E-state index contributed by atoms with van der Waals surface area (Å²) in [5.41, 5.74) is 1.64. The first-order valence-corrected chi connectivity index (χ1v) is 8.09. The van der Waals surface area contributed by atoms with Gasteiger partial charge in [-0.1, -0.05) is 42.5 Å². The van der Waals surface area contributed by atoms with Gasteiger partial charge in [-0.25, -0.2) is 0 Å². The van der Waals surface area contributed by atoms with E-state index < -0.39 is 0 Å². The molecule has 0 spiro atoms. The number of hydrogen-bond acceptors (Lipinski definition) is 4. The number of carbonyl (C=O) groups excluding carboxylic acids is 2. The molecule has 0 saturated heterocycles. The average molecular weight is 340 g/mol. The predicted octanol–water partition coefficient (Wildman–Crippen LogP) is 1.38. The van der Waals surface area contributed by atoms with E-state index in [1.807, 2.05) is 40.1 Å². The third-order valence-corrected chi connectivity index (χ3v) is 4.02. The maximum absolute atomic E-state index is 12.6. The van der Waals surface area contributed by atoms with Gasteiger partial charge in [-0.15, -0.1) is 13.2 Å². The van der Waals surface area contributed by atoms with Crippen LogP contribution < -0.4 is 10.6 Å².